The van der Waals surface area contributed by atoms with Crippen molar-refractivity contribution >= 4 is 11.6 Å². The summed E-state index contributed by atoms with van der Waals surface area (Å²) in [4.78, 5) is 18.2. The van der Waals surface area contributed by atoms with Gasteiger partial charge in [0.15, 0.2) is 5.82 Å². The van der Waals surface area contributed by atoms with Crippen molar-refractivity contribution < 1.29 is 0 Å². The number of hydrogen-bond acceptors (Lipinski definition) is 5. The number of para-hydroxylation sites is 1. The first-order valence-electron chi connectivity index (χ1n) is 12.4. The Labute approximate surface area is 220 Å². The van der Waals surface area contributed by atoms with Crippen LogP contribution >= 0.6 is 11.6 Å². The molecule has 1 N–H and O–H groups in total. The molecule has 9 heteroatoms. The zero-order chi connectivity index (χ0) is 25.9. The van der Waals surface area contributed by atoms with Crippen LogP contribution in [0.25, 0.3) is 28.3 Å². The summed E-state index contributed by atoms with van der Waals surface area (Å²) in [5.74, 6) is 0.744. The number of H-pyrrole nitrogens is 1. The predicted octanol–water partition coefficient (Wildman–Crippen LogP) is 5.66. The van der Waals surface area contributed by atoms with Crippen molar-refractivity contribution in [3.63, 3.8) is 0 Å². The lowest BCUT2D eigenvalue weighted by Gasteiger charge is -2.14. The summed E-state index contributed by atoms with van der Waals surface area (Å²) in [6.07, 6.45) is 5.39. The van der Waals surface area contributed by atoms with Gasteiger partial charge in [-0.15, -0.1) is 5.10 Å². The first kappa shape index (κ1) is 24.6. The molecule has 8 nitrogen and oxygen atoms in total. The minimum absolute atomic E-state index is 0.0881. The van der Waals surface area contributed by atoms with Crippen LogP contribution in [0.3, 0.4) is 0 Å². The largest absolute Gasteiger partial charge is 0.333 e. The van der Waals surface area contributed by atoms with Crippen molar-refractivity contribution in [2.75, 3.05) is 0 Å². The van der Waals surface area contributed by atoms with Crippen LogP contribution in [-0.4, -0.2) is 34.7 Å². The van der Waals surface area contributed by atoms with Crippen LogP contribution in [0.5, 0.6) is 0 Å². The molecule has 0 aliphatic carbocycles. The molecule has 37 heavy (non-hydrogen) atoms. The zero-order valence-electron chi connectivity index (χ0n) is 21.0. The van der Waals surface area contributed by atoms with E-state index in [9.17, 15) is 4.79 Å². The Kier molecular flexibility index (Phi) is 7.01. The van der Waals surface area contributed by atoms with Gasteiger partial charge in [-0.05, 0) is 51.6 Å². The molecule has 3 aromatic heterocycles. The molecule has 0 aliphatic heterocycles. The maximum Gasteiger partial charge on any atom is 0.333 e. The lowest BCUT2D eigenvalue weighted by atomic mass is 10.0. The van der Waals surface area contributed by atoms with Crippen molar-refractivity contribution in [2.24, 2.45) is 0 Å². The molecule has 0 unspecified atom stereocenters. The smallest absolute Gasteiger partial charge is 0.292 e. The second-order valence-corrected chi connectivity index (χ2v) is 9.70. The average molecular weight is 514 g/mol. The van der Waals surface area contributed by atoms with Gasteiger partial charge in [0.05, 0.1) is 17.3 Å². The Hall–Kier alpha value is -4.04. The minimum atomic E-state index is -0.0881. The van der Waals surface area contributed by atoms with Crippen molar-refractivity contribution in [1.29, 1.82) is 0 Å². The Bertz CT molecular complexity index is 1570. The second-order valence-electron chi connectivity index (χ2n) is 9.29. The van der Waals surface area contributed by atoms with E-state index in [-0.39, 0.29) is 11.6 Å². The van der Waals surface area contributed by atoms with E-state index >= 15 is 0 Å². The van der Waals surface area contributed by atoms with Crippen molar-refractivity contribution in [1.82, 2.24) is 34.7 Å². The molecule has 0 saturated heterocycles. The van der Waals surface area contributed by atoms with Gasteiger partial charge in [0.25, 0.3) is 0 Å². The fourth-order valence-corrected chi connectivity index (χ4v) is 4.90. The summed E-state index contributed by atoms with van der Waals surface area (Å²) in [6, 6.07) is 17.8. The highest BCUT2D eigenvalue weighted by molar-refractivity contribution is 6.32. The second kappa shape index (κ2) is 10.5. The van der Waals surface area contributed by atoms with Crippen molar-refractivity contribution in [3.05, 3.63) is 99.3 Å². The van der Waals surface area contributed by atoms with Crippen molar-refractivity contribution in [3.8, 4) is 28.3 Å². The molecule has 0 bridgehead atoms. The van der Waals surface area contributed by atoms with Crippen LogP contribution in [0.4, 0.5) is 0 Å². The number of tetrazole rings is 1. The summed E-state index contributed by atoms with van der Waals surface area (Å²) >= 11 is 6.62. The molecule has 0 radical (unpaired) electrons. The third kappa shape index (κ3) is 4.84. The Morgan fingerprint density at radius 2 is 1.86 bits per heavy atom. The molecule has 0 atom stereocenters. The van der Waals surface area contributed by atoms with Gasteiger partial charge in [-0.25, -0.2) is 9.89 Å². The van der Waals surface area contributed by atoms with Gasteiger partial charge in [-0.2, -0.15) is 0 Å². The van der Waals surface area contributed by atoms with Crippen LogP contribution in [0, 0.1) is 0 Å². The Balaban J connectivity index is 1.51. The van der Waals surface area contributed by atoms with E-state index in [1.807, 2.05) is 65.4 Å². The molecule has 3 heterocycles. The quantitative estimate of drug-likeness (QED) is 0.289. The van der Waals surface area contributed by atoms with E-state index in [1.165, 1.54) is 0 Å². The summed E-state index contributed by atoms with van der Waals surface area (Å²) in [5, 5.41) is 14.7. The number of nitrogens with zero attached hydrogens (tertiary/aromatic N) is 6. The molecule has 5 aromatic rings. The van der Waals surface area contributed by atoms with Gasteiger partial charge in [-0.1, -0.05) is 81.3 Å². The lowest BCUT2D eigenvalue weighted by molar-refractivity contribution is 0.690. The van der Waals surface area contributed by atoms with E-state index in [0.717, 1.165) is 46.5 Å². The molecule has 0 amide bonds. The number of halogens is 1. The van der Waals surface area contributed by atoms with Gasteiger partial charge < -0.3 is 0 Å². The Morgan fingerprint density at radius 3 is 2.57 bits per heavy atom. The maximum absolute atomic E-state index is 13.7. The maximum atomic E-state index is 13.7. The molecular weight excluding hydrogens is 486 g/mol. The molecule has 0 spiro atoms. The summed E-state index contributed by atoms with van der Waals surface area (Å²) in [6.45, 7) is 6.80. The highest BCUT2D eigenvalue weighted by Crippen LogP contribution is 2.30. The van der Waals surface area contributed by atoms with E-state index in [4.69, 9.17) is 11.6 Å². The highest BCUT2D eigenvalue weighted by Gasteiger charge is 2.19. The molecule has 0 fully saturated rings. The minimum Gasteiger partial charge on any atom is -0.292 e. The number of nitrogens with one attached hydrogen (secondary N) is 1. The van der Waals surface area contributed by atoms with Gasteiger partial charge in [0.2, 0.25) is 0 Å². The summed E-state index contributed by atoms with van der Waals surface area (Å²) in [7, 11) is 0. The Morgan fingerprint density at radius 1 is 1.05 bits per heavy atom. The SMILES string of the molecule is CCCc1cn(-c2c(Cl)cccc2C(C)C)c(=O)n1Cc1ccc(-c2cccnc2-c2nnn[nH]2)cc1. The number of aryl methyl sites for hydroxylation is 1. The normalized spacial score (nSPS) is 11.4. The first-order chi connectivity index (χ1) is 18.0. The van der Waals surface area contributed by atoms with Crippen LogP contribution in [0.15, 0.2) is 71.8 Å². The standard InChI is InChI=1S/C28H28ClN7O/c1-4-7-21-17-36(26-22(18(2)3)8-5-10-24(26)29)28(37)35(21)16-19-11-13-20(14-12-19)23-9-6-15-30-25(23)27-31-33-34-32-27/h5-6,8-15,17-18H,4,7,16H2,1-3H3,(H,31,32,33,34). The molecule has 5 rings (SSSR count). The van der Waals surface area contributed by atoms with E-state index < -0.39 is 0 Å². The molecular formula is C28H28ClN7O. The summed E-state index contributed by atoms with van der Waals surface area (Å²) in [5.41, 5.74) is 6.32. The van der Waals surface area contributed by atoms with E-state index in [1.54, 1.807) is 10.8 Å². The molecule has 188 valence electrons. The van der Waals surface area contributed by atoms with Crippen molar-refractivity contribution in [2.45, 2.75) is 46.1 Å². The highest BCUT2D eigenvalue weighted by atomic mass is 35.5. The molecule has 2 aromatic carbocycles. The van der Waals surface area contributed by atoms with Crippen LogP contribution in [0.2, 0.25) is 5.02 Å². The number of imidazole rings is 1. The third-order valence-electron chi connectivity index (χ3n) is 6.43. The summed E-state index contributed by atoms with van der Waals surface area (Å²) < 4.78 is 3.56. The fourth-order valence-electron chi connectivity index (χ4n) is 4.62. The van der Waals surface area contributed by atoms with E-state index in [2.05, 4.69) is 46.4 Å². The van der Waals surface area contributed by atoms with E-state index in [0.29, 0.717) is 23.1 Å². The zero-order valence-corrected chi connectivity index (χ0v) is 21.8. The van der Waals surface area contributed by atoms with Crippen LogP contribution in [0.1, 0.15) is 49.9 Å². The van der Waals surface area contributed by atoms with Crippen LogP contribution in [-0.2, 0) is 13.0 Å². The number of hydrogen-bond donors (Lipinski definition) is 1. The molecule has 0 aliphatic rings. The van der Waals surface area contributed by atoms with Crippen LogP contribution < -0.4 is 5.69 Å². The fraction of sp³-hybridized carbons (Fsp3) is 0.250. The number of aromatic nitrogens is 7. The number of aromatic amines is 1. The topological polar surface area (TPSA) is 94.3 Å². The van der Waals surface area contributed by atoms with Gasteiger partial charge >= 0.3 is 5.69 Å². The molecule has 0 saturated carbocycles. The number of pyridine rings is 1. The predicted molar refractivity (Wildman–Crippen MR) is 145 cm³/mol. The third-order valence-corrected chi connectivity index (χ3v) is 6.74. The van der Waals surface area contributed by atoms with Gasteiger partial charge in [-0.3, -0.25) is 14.1 Å². The average Bonchev–Trinajstić information content (AvgIpc) is 3.54. The van der Waals surface area contributed by atoms with Gasteiger partial charge in [0, 0.05) is 23.7 Å². The monoisotopic (exact) mass is 513 g/mol. The number of benzene rings is 2. The first-order valence-corrected chi connectivity index (χ1v) is 12.7. The lowest BCUT2D eigenvalue weighted by Crippen LogP contribution is -2.25. The van der Waals surface area contributed by atoms with Gasteiger partial charge in [0.1, 0.15) is 5.69 Å². The number of rotatable bonds is 8.